The molecule has 2 heterocycles. The smallest absolute Gasteiger partial charge is 0.276 e. The number of pyridine rings is 1. The van der Waals surface area contributed by atoms with Crippen LogP contribution < -0.4 is 10.6 Å². The molecule has 0 spiro atoms. The van der Waals surface area contributed by atoms with Gasteiger partial charge in [-0.25, -0.2) is 4.39 Å². The molecule has 0 aliphatic rings. The highest BCUT2D eigenvalue weighted by molar-refractivity contribution is 14.0. The van der Waals surface area contributed by atoms with Crippen LogP contribution in [0.5, 0.6) is 0 Å². The maximum atomic E-state index is 12.9. The van der Waals surface area contributed by atoms with Crippen molar-refractivity contribution in [3.8, 4) is 11.6 Å². The van der Waals surface area contributed by atoms with Crippen LogP contribution in [0.2, 0.25) is 0 Å². The van der Waals surface area contributed by atoms with E-state index in [4.69, 9.17) is 4.52 Å². The Hall–Kier alpha value is -2.21. The fraction of sp³-hybridized carbons (Fsp3) is 0.333. The van der Waals surface area contributed by atoms with Gasteiger partial charge >= 0.3 is 0 Å². The van der Waals surface area contributed by atoms with E-state index < -0.39 is 0 Å². The number of rotatable bonds is 10. The van der Waals surface area contributed by atoms with Gasteiger partial charge in [0.15, 0.2) is 11.8 Å². The molecule has 3 rings (SSSR count). The number of halogens is 2. The average molecular weight is 556 g/mol. The van der Waals surface area contributed by atoms with E-state index in [9.17, 15) is 4.39 Å². The van der Waals surface area contributed by atoms with Crippen LogP contribution in [0.25, 0.3) is 11.6 Å². The van der Waals surface area contributed by atoms with Crippen LogP contribution in [0, 0.1) is 5.82 Å². The molecule has 2 N–H and O–H groups in total. The zero-order valence-corrected chi connectivity index (χ0v) is 20.4. The molecule has 0 aliphatic carbocycles. The second-order valence-corrected chi connectivity index (χ2v) is 7.49. The lowest BCUT2D eigenvalue weighted by Gasteiger charge is -2.10. The van der Waals surface area contributed by atoms with Crippen molar-refractivity contribution in [1.82, 2.24) is 25.8 Å². The van der Waals surface area contributed by atoms with Gasteiger partial charge in [0.1, 0.15) is 11.5 Å². The zero-order valence-electron chi connectivity index (χ0n) is 17.3. The zero-order chi connectivity index (χ0) is 21.0. The number of nitrogens with one attached hydrogen (secondary N) is 2. The van der Waals surface area contributed by atoms with Crippen LogP contribution in [0.3, 0.4) is 0 Å². The largest absolute Gasteiger partial charge is 0.357 e. The highest BCUT2D eigenvalue weighted by Crippen LogP contribution is 2.18. The maximum Gasteiger partial charge on any atom is 0.276 e. The van der Waals surface area contributed by atoms with Gasteiger partial charge in [0.25, 0.3) is 5.89 Å². The predicted molar refractivity (Wildman–Crippen MR) is 132 cm³/mol. The summed E-state index contributed by atoms with van der Waals surface area (Å²) in [4.78, 5) is 14.2. The standard InChI is InChI=1S/C21H25FN6OS.HI/c1-2-23-21(25-13-5-15-30-17-9-7-16(22)8-10-17)26-14-11-19-27-20(29-28-19)18-6-3-4-12-24-18;/h3-4,6-10,12H,2,5,11,13-15H2,1H3,(H2,23,25,26);1H. The van der Waals surface area contributed by atoms with E-state index in [1.54, 1.807) is 30.1 Å². The molecule has 7 nitrogen and oxygen atoms in total. The molecule has 0 unspecified atom stereocenters. The summed E-state index contributed by atoms with van der Waals surface area (Å²) in [5.41, 5.74) is 0.664. The van der Waals surface area contributed by atoms with Crippen molar-refractivity contribution in [1.29, 1.82) is 0 Å². The molecule has 0 saturated heterocycles. The Labute approximate surface area is 202 Å². The minimum atomic E-state index is -0.209. The van der Waals surface area contributed by atoms with Crippen molar-refractivity contribution in [2.45, 2.75) is 24.7 Å². The molecule has 0 saturated carbocycles. The molecule has 1 aromatic carbocycles. The molecule has 3 aromatic rings. The first-order valence-corrected chi connectivity index (χ1v) is 10.9. The third-order valence-corrected chi connectivity index (χ3v) is 5.09. The molecule has 0 amide bonds. The fourth-order valence-electron chi connectivity index (χ4n) is 2.56. The van der Waals surface area contributed by atoms with Crippen LogP contribution >= 0.6 is 35.7 Å². The van der Waals surface area contributed by atoms with Gasteiger partial charge in [-0.3, -0.25) is 9.98 Å². The first-order valence-electron chi connectivity index (χ1n) is 9.89. The number of hydrogen-bond donors (Lipinski definition) is 2. The Balaban J connectivity index is 0.00000341. The first kappa shape index (κ1) is 25.1. The van der Waals surface area contributed by atoms with Crippen molar-refractivity contribution in [2.24, 2.45) is 4.99 Å². The van der Waals surface area contributed by atoms with Gasteiger partial charge in [-0.15, -0.1) is 35.7 Å². The van der Waals surface area contributed by atoms with Crippen molar-refractivity contribution in [3.63, 3.8) is 0 Å². The Morgan fingerprint density at radius 3 is 2.74 bits per heavy atom. The van der Waals surface area contributed by atoms with Crippen LogP contribution in [0.15, 0.2) is 63.1 Å². The summed E-state index contributed by atoms with van der Waals surface area (Å²) in [5.74, 6) is 2.52. The molecule has 0 atom stereocenters. The average Bonchev–Trinajstić information content (AvgIpc) is 3.24. The summed E-state index contributed by atoms with van der Waals surface area (Å²) in [6.07, 6.45) is 3.23. The number of hydrogen-bond acceptors (Lipinski definition) is 6. The molecule has 166 valence electrons. The molecule has 31 heavy (non-hydrogen) atoms. The highest BCUT2D eigenvalue weighted by atomic mass is 127. The maximum absolute atomic E-state index is 12.9. The van der Waals surface area contributed by atoms with Gasteiger partial charge in [-0.1, -0.05) is 11.2 Å². The van der Waals surface area contributed by atoms with Gasteiger partial charge in [-0.2, -0.15) is 4.98 Å². The molecule has 2 aromatic heterocycles. The second-order valence-electron chi connectivity index (χ2n) is 6.32. The third-order valence-electron chi connectivity index (χ3n) is 3.99. The quantitative estimate of drug-likeness (QED) is 0.128. The molecular weight excluding hydrogens is 530 g/mol. The molecular formula is C21H26FIN6OS. The van der Waals surface area contributed by atoms with Crippen LogP contribution in [0.1, 0.15) is 19.2 Å². The SMILES string of the molecule is CCNC(=NCCCSc1ccc(F)cc1)NCCc1noc(-c2ccccn2)n1.I. The minimum absolute atomic E-state index is 0. The van der Waals surface area contributed by atoms with Crippen LogP contribution in [0.4, 0.5) is 4.39 Å². The summed E-state index contributed by atoms with van der Waals surface area (Å²) in [6.45, 7) is 4.15. The number of aliphatic imine (C=N–C) groups is 1. The number of thioether (sulfide) groups is 1. The lowest BCUT2D eigenvalue weighted by atomic mass is 10.3. The van der Waals surface area contributed by atoms with Crippen molar-refractivity contribution in [3.05, 3.63) is 60.3 Å². The van der Waals surface area contributed by atoms with E-state index >= 15 is 0 Å². The number of nitrogens with zero attached hydrogens (tertiary/aromatic N) is 4. The topological polar surface area (TPSA) is 88.2 Å². The first-order chi connectivity index (χ1) is 14.7. The third kappa shape index (κ3) is 8.82. The van der Waals surface area contributed by atoms with E-state index in [2.05, 4.69) is 30.8 Å². The summed E-state index contributed by atoms with van der Waals surface area (Å²) < 4.78 is 18.2. The summed E-state index contributed by atoms with van der Waals surface area (Å²) >= 11 is 1.70. The van der Waals surface area contributed by atoms with Crippen molar-refractivity contribution < 1.29 is 8.91 Å². The molecule has 10 heteroatoms. The highest BCUT2D eigenvalue weighted by Gasteiger charge is 2.09. The Morgan fingerprint density at radius 2 is 2.00 bits per heavy atom. The van der Waals surface area contributed by atoms with Crippen molar-refractivity contribution in [2.75, 3.05) is 25.4 Å². The summed E-state index contributed by atoms with van der Waals surface area (Å²) in [6, 6.07) is 12.1. The van der Waals surface area contributed by atoms with Crippen LogP contribution in [-0.4, -0.2) is 46.5 Å². The summed E-state index contributed by atoms with van der Waals surface area (Å²) in [5, 5.41) is 10.5. The molecule has 0 bridgehead atoms. The number of guanidine groups is 1. The van der Waals surface area contributed by atoms with E-state index in [0.717, 1.165) is 29.6 Å². The molecule has 0 radical (unpaired) electrons. The predicted octanol–water partition coefficient (Wildman–Crippen LogP) is 4.17. The Morgan fingerprint density at radius 1 is 1.16 bits per heavy atom. The van der Waals surface area contributed by atoms with Gasteiger partial charge in [0, 0.05) is 37.1 Å². The number of benzene rings is 1. The lowest BCUT2D eigenvalue weighted by Crippen LogP contribution is -2.38. The van der Waals surface area contributed by atoms with Gasteiger partial charge in [-0.05, 0) is 55.5 Å². The Kier molecular flexibility index (Phi) is 11.3. The monoisotopic (exact) mass is 556 g/mol. The van der Waals surface area contributed by atoms with E-state index in [1.807, 2.05) is 25.1 Å². The normalized spacial score (nSPS) is 11.1. The molecule has 0 fully saturated rings. The van der Waals surface area contributed by atoms with E-state index in [-0.39, 0.29) is 29.8 Å². The minimum Gasteiger partial charge on any atom is -0.357 e. The lowest BCUT2D eigenvalue weighted by molar-refractivity contribution is 0.421. The number of aromatic nitrogens is 3. The Bertz CT molecular complexity index is 923. The fourth-order valence-corrected chi connectivity index (χ4v) is 3.40. The van der Waals surface area contributed by atoms with E-state index in [0.29, 0.717) is 36.9 Å². The van der Waals surface area contributed by atoms with Crippen LogP contribution in [-0.2, 0) is 6.42 Å². The van der Waals surface area contributed by atoms with Gasteiger partial charge in [0.2, 0.25) is 0 Å². The van der Waals surface area contributed by atoms with Gasteiger partial charge < -0.3 is 15.2 Å². The van der Waals surface area contributed by atoms with Gasteiger partial charge in [0.05, 0.1) is 0 Å². The van der Waals surface area contributed by atoms with Crippen molar-refractivity contribution >= 4 is 41.7 Å². The second kappa shape index (κ2) is 14.0. The van der Waals surface area contributed by atoms with E-state index in [1.165, 1.54) is 12.1 Å². The molecule has 0 aliphatic heterocycles. The summed E-state index contributed by atoms with van der Waals surface area (Å²) in [7, 11) is 0.